The molecule has 1 amide bonds. The first-order valence-corrected chi connectivity index (χ1v) is 9.65. The van der Waals surface area contributed by atoms with E-state index in [9.17, 15) is 4.79 Å². The van der Waals surface area contributed by atoms with Crippen molar-refractivity contribution in [1.82, 2.24) is 4.90 Å². The summed E-state index contributed by atoms with van der Waals surface area (Å²) in [6.45, 7) is 5.79. The molecule has 0 aromatic heterocycles. The molecule has 1 saturated heterocycles. The van der Waals surface area contributed by atoms with Crippen LogP contribution in [0.3, 0.4) is 0 Å². The third kappa shape index (κ3) is 3.53. The van der Waals surface area contributed by atoms with Crippen LogP contribution in [0.5, 0.6) is 0 Å². The summed E-state index contributed by atoms with van der Waals surface area (Å²) in [5.74, 6) is -0.129. The number of aryl methyl sites for hydroxylation is 1. The van der Waals surface area contributed by atoms with Crippen molar-refractivity contribution in [1.29, 1.82) is 0 Å². The minimum absolute atomic E-state index is 0.129. The molecular formula is C21H21N3OS. The van der Waals surface area contributed by atoms with Crippen molar-refractivity contribution >= 4 is 34.6 Å². The van der Waals surface area contributed by atoms with E-state index in [1.807, 2.05) is 36.4 Å². The number of piperazine rings is 1. The molecule has 4 nitrogen and oxygen atoms in total. The van der Waals surface area contributed by atoms with E-state index in [2.05, 4.69) is 46.0 Å². The van der Waals surface area contributed by atoms with Crippen LogP contribution in [0, 0.1) is 6.92 Å². The van der Waals surface area contributed by atoms with Crippen LogP contribution in [0.4, 0.5) is 5.69 Å². The average molecular weight is 363 g/mol. The van der Waals surface area contributed by atoms with Crippen LogP contribution in [0.15, 0.2) is 64.5 Å². The highest BCUT2D eigenvalue weighted by Gasteiger charge is 2.28. The Kier molecular flexibility index (Phi) is 4.80. The van der Waals surface area contributed by atoms with E-state index in [-0.39, 0.29) is 5.91 Å². The van der Waals surface area contributed by atoms with Crippen LogP contribution in [-0.4, -0.2) is 42.2 Å². The molecule has 2 aliphatic rings. The molecule has 1 fully saturated rings. The number of anilines is 1. The Morgan fingerprint density at radius 2 is 1.58 bits per heavy atom. The fourth-order valence-electron chi connectivity index (χ4n) is 3.29. The Labute approximate surface area is 158 Å². The van der Waals surface area contributed by atoms with Crippen LogP contribution in [-0.2, 0) is 4.79 Å². The number of hydrogen-bond acceptors (Lipinski definition) is 4. The van der Waals surface area contributed by atoms with Gasteiger partial charge in [-0.1, -0.05) is 48.5 Å². The van der Waals surface area contributed by atoms with E-state index >= 15 is 0 Å². The topological polar surface area (TPSA) is 35.9 Å². The molecule has 4 rings (SSSR count). The molecule has 0 atom stereocenters. The van der Waals surface area contributed by atoms with E-state index in [1.54, 1.807) is 0 Å². The number of rotatable bonds is 2. The number of benzene rings is 2. The number of nitrogens with zero attached hydrogens (tertiary/aromatic N) is 3. The zero-order valence-corrected chi connectivity index (χ0v) is 15.6. The Morgan fingerprint density at radius 1 is 0.923 bits per heavy atom. The largest absolute Gasteiger partial charge is 0.368 e. The van der Waals surface area contributed by atoms with Crippen LogP contribution in [0.1, 0.15) is 11.1 Å². The van der Waals surface area contributed by atoms with Gasteiger partial charge in [0.15, 0.2) is 5.17 Å². The first-order chi connectivity index (χ1) is 12.7. The lowest BCUT2D eigenvalue weighted by atomic mass is 10.1. The first kappa shape index (κ1) is 16.9. The van der Waals surface area contributed by atoms with E-state index in [1.165, 1.54) is 23.0 Å². The summed E-state index contributed by atoms with van der Waals surface area (Å²) in [5, 5.41) is 0.835. The van der Waals surface area contributed by atoms with E-state index in [0.29, 0.717) is 4.91 Å². The minimum Gasteiger partial charge on any atom is -0.368 e. The smallest absolute Gasteiger partial charge is 0.286 e. The van der Waals surface area contributed by atoms with Crippen molar-refractivity contribution in [3.8, 4) is 0 Å². The Morgan fingerprint density at radius 3 is 2.31 bits per heavy atom. The molecule has 5 heteroatoms. The maximum absolute atomic E-state index is 12.2. The predicted octanol–water partition coefficient (Wildman–Crippen LogP) is 3.79. The normalized spacial score (nSPS) is 19.2. The zero-order valence-electron chi connectivity index (χ0n) is 14.8. The van der Waals surface area contributed by atoms with Gasteiger partial charge in [0.25, 0.3) is 5.91 Å². The molecule has 2 aromatic carbocycles. The summed E-state index contributed by atoms with van der Waals surface area (Å²) in [5.41, 5.74) is 3.63. The molecular weight excluding hydrogens is 342 g/mol. The second-order valence-electron chi connectivity index (χ2n) is 6.48. The van der Waals surface area contributed by atoms with Crippen molar-refractivity contribution in [2.24, 2.45) is 4.99 Å². The molecule has 0 aliphatic carbocycles. The lowest BCUT2D eigenvalue weighted by Gasteiger charge is -2.37. The van der Waals surface area contributed by atoms with Crippen LogP contribution < -0.4 is 4.90 Å². The third-order valence-electron chi connectivity index (χ3n) is 4.71. The zero-order chi connectivity index (χ0) is 17.9. The number of amides is 1. The van der Waals surface area contributed by atoms with Gasteiger partial charge in [0.05, 0.1) is 4.91 Å². The predicted molar refractivity (Wildman–Crippen MR) is 109 cm³/mol. The van der Waals surface area contributed by atoms with Crippen molar-refractivity contribution in [3.05, 3.63) is 70.6 Å². The number of amidine groups is 1. The molecule has 2 heterocycles. The minimum atomic E-state index is -0.129. The highest BCUT2D eigenvalue weighted by atomic mass is 32.2. The van der Waals surface area contributed by atoms with Gasteiger partial charge in [0, 0.05) is 31.9 Å². The average Bonchev–Trinajstić information content (AvgIpc) is 3.04. The van der Waals surface area contributed by atoms with Crippen molar-refractivity contribution in [2.75, 3.05) is 31.1 Å². The molecule has 0 N–H and O–H groups in total. The fraction of sp³-hybridized carbons (Fsp3) is 0.238. The van der Waals surface area contributed by atoms with Crippen molar-refractivity contribution in [3.63, 3.8) is 0 Å². The molecule has 0 radical (unpaired) electrons. The summed E-state index contributed by atoms with van der Waals surface area (Å²) < 4.78 is 0. The second-order valence-corrected chi connectivity index (χ2v) is 7.49. The molecule has 26 heavy (non-hydrogen) atoms. The second kappa shape index (κ2) is 7.38. The van der Waals surface area contributed by atoms with Gasteiger partial charge in [0.2, 0.25) is 0 Å². The van der Waals surface area contributed by atoms with Crippen LogP contribution >= 0.6 is 11.8 Å². The number of carbonyl (C=O) groups excluding carboxylic acids is 1. The lowest BCUT2D eigenvalue weighted by molar-refractivity contribution is -0.113. The Bertz CT molecular complexity index is 868. The van der Waals surface area contributed by atoms with Gasteiger partial charge < -0.3 is 9.80 Å². The first-order valence-electron chi connectivity index (χ1n) is 8.84. The molecule has 0 saturated carbocycles. The Balaban J connectivity index is 1.41. The summed E-state index contributed by atoms with van der Waals surface area (Å²) in [4.78, 5) is 21.9. The quantitative estimate of drug-likeness (QED) is 0.761. The highest BCUT2D eigenvalue weighted by molar-refractivity contribution is 8.18. The van der Waals surface area contributed by atoms with Crippen molar-refractivity contribution < 1.29 is 4.79 Å². The third-order valence-corrected chi connectivity index (χ3v) is 5.76. The van der Waals surface area contributed by atoms with Gasteiger partial charge in [0.1, 0.15) is 0 Å². The van der Waals surface area contributed by atoms with Gasteiger partial charge in [-0.3, -0.25) is 4.79 Å². The summed E-state index contributed by atoms with van der Waals surface area (Å²) in [6, 6.07) is 18.4. The molecule has 0 unspecified atom stereocenters. The standard InChI is InChI=1S/C21H21N3OS/c1-16-7-5-6-10-18(16)23-11-13-24(14-12-23)21-22-20(25)19(26-21)15-17-8-3-2-4-9-17/h2-10,15H,11-14H2,1H3. The van der Waals surface area contributed by atoms with Gasteiger partial charge in [-0.05, 0) is 42.0 Å². The summed E-state index contributed by atoms with van der Waals surface area (Å²) >= 11 is 1.49. The maximum atomic E-state index is 12.2. The van der Waals surface area contributed by atoms with Crippen molar-refractivity contribution in [2.45, 2.75) is 6.92 Å². The fourth-order valence-corrected chi connectivity index (χ4v) is 4.26. The summed E-state index contributed by atoms with van der Waals surface area (Å²) in [6.07, 6.45) is 1.92. The number of aliphatic imine (C=N–C) groups is 1. The maximum Gasteiger partial charge on any atom is 0.286 e. The molecule has 2 aliphatic heterocycles. The van der Waals surface area contributed by atoms with E-state index in [0.717, 1.165) is 36.9 Å². The van der Waals surface area contributed by atoms with Gasteiger partial charge in [-0.25, -0.2) is 0 Å². The number of para-hydroxylation sites is 1. The molecule has 2 aromatic rings. The van der Waals surface area contributed by atoms with Gasteiger partial charge in [-0.15, -0.1) is 0 Å². The van der Waals surface area contributed by atoms with Gasteiger partial charge in [-0.2, -0.15) is 4.99 Å². The SMILES string of the molecule is Cc1ccccc1N1CCN(C2=NC(=O)C(=Cc3ccccc3)S2)CC1. The molecule has 0 spiro atoms. The monoisotopic (exact) mass is 363 g/mol. The Hall–Kier alpha value is -2.53. The lowest BCUT2D eigenvalue weighted by Crippen LogP contribution is -2.48. The number of thioether (sulfide) groups is 1. The summed E-state index contributed by atoms with van der Waals surface area (Å²) in [7, 11) is 0. The van der Waals surface area contributed by atoms with E-state index < -0.39 is 0 Å². The highest BCUT2D eigenvalue weighted by Crippen LogP contribution is 2.31. The van der Waals surface area contributed by atoms with Crippen LogP contribution in [0.2, 0.25) is 0 Å². The van der Waals surface area contributed by atoms with Crippen LogP contribution in [0.25, 0.3) is 6.08 Å². The van der Waals surface area contributed by atoms with Gasteiger partial charge >= 0.3 is 0 Å². The number of carbonyl (C=O) groups is 1. The van der Waals surface area contributed by atoms with E-state index in [4.69, 9.17) is 0 Å². The number of hydrogen-bond donors (Lipinski definition) is 0. The molecule has 0 bridgehead atoms. The molecule has 132 valence electrons.